The van der Waals surface area contributed by atoms with Crippen LogP contribution in [-0.4, -0.2) is 45.5 Å². The number of hydrogen-bond donors (Lipinski definition) is 0. The van der Waals surface area contributed by atoms with Crippen molar-refractivity contribution in [2.45, 2.75) is 6.54 Å². The highest BCUT2D eigenvalue weighted by molar-refractivity contribution is 6.01. The van der Waals surface area contributed by atoms with Crippen molar-refractivity contribution in [3.05, 3.63) is 35.7 Å². The summed E-state index contributed by atoms with van der Waals surface area (Å²) in [7, 11) is 1.55. The number of aromatic nitrogens is 2. The molecular weight excluding hydrogens is 286 g/mol. The van der Waals surface area contributed by atoms with E-state index in [1.807, 2.05) is 6.07 Å². The fourth-order valence-corrected chi connectivity index (χ4v) is 2.09. The molecule has 3 rings (SSSR count). The number of imide groups is 1. The van der Waals surface area contributed by atoms with Crippen LogP contribution in [0.4, 0.5) is 4.79 Å². The van der Waals surface area contributed by atoms with Gasteiger partial charge in [0.1, 0.15) is 13.1 Å². The van der Waals surface area contributed by atoms with E-state index in [9.17, 15) is 9.59 Å². The number of hydrogen-bond acceptors (Lipinski definition) is 6. The number of nitriles is 1. The van der Waals surface area contributed by atoms with Crippen molar-refractivity contribution in [1.82, 2.24) is 19.9 Å². The summed E-state index contributed by atoms with van der Waals surface area (Å²) in [6.07, 6.45) is 0. The summed E-state index contributed by atoms with van der Waals surface area (Å²) >= 11 is 0. The van der Waals surface area contributed by atoms with Crippen molar-refractivity contribution in [2.24, 2.45) is 0 Å². The highest BCUT2D eigenvalue weighted by Gasteiger charge is 2.34. The number of rotatable bonds is 3. The Bertz CT molecular complexity index is 775. The third kappa shape index (κ3) is 2.40. The van der Waals surface area contributed by atoms with Crippen molar-refractivity contribution < 1.29 is 14.1 Å². The Kier molecular flexibility index (Phi) is 3.31. The monoisotopic (exact) mass is 297 g/mol. The summed E-state index contributed by atoms with van der Waals surface area (Å²) in [4.78, 5) is 30.0. The molecule has 0 spiro atoms. The predicted octanol–water partition coefficient (Wildman–Crippen LogP) is 1.00. The van der Waals surface area contributed by atoms with Gasteiger partial charge in [-0.05, 0) is 24.3 Å². The lowest BCUT2D eigenvalue weighted by atomic mass is 10.1. The van der Waals surface area contributed by atoms with Crippen molar-refractivity contribution in [3.63, 3.8) is 0 Å². The summed E-state index contributed by atoms with van der Waals surface area (Å²) in [6, 6.07) is 8.33. The molecule has 0 saturated carbocycles. The first-order valence-corrected chi connectivity index (χ1v) is 6.47. The normalized spacial score (nSPS) is 14.5. The molecule has 2 heterocycles. The molecule has 8 nitrogen and oxygen atoms in total. The number of carbonyl (C=O) groups excluding carboxylic acids is 2. The molecule has 0 N–H and O–H groups in total. The summed E-state index contributed by atoms with van der Waals surface area (Å²) in [5.41, 5.74) is 1.22. The zero-order chi connectivity index (χ0) is 15.7. The maximum atomic E-state index is 11.8. The van der Waals surface area contributed by atoms with Gasteiger partial charge < -0.3 is 9.42 Å². The Balaban J connectivity index is 1.78. The molecule has 22 heavy (non-hydrogen) atoms. The van der Waals surface area contributed by atoms with Crippen LogP contribution >= 0.6 is 0 Å². The van der Waals surface area contributed by atoms with Gasteiger partial charge in [0.15, 0.2) is 0 Å². The zero-order valence-corrected chi connectivity index (χ0v) is 11.7. The summed E-state index contributed by atoms with van der Waals surface area (Å²) < 4.78 is 5.08. The maximum absolute atomic E-state index is 11.8. The average molecular weight is 297 g/mol. The number of amides is 3. The second kappa shape index (κ2) is 5.29. The van der Waals surface area contributed by atoms with E-state index in [0.717, 1.165) is 4.90 Å². The molecule has 1 aromatic carbocycles. The molecule has 110 valence electrons. The molecule has 2 aromatic rings. The molecule has 8 heteroatoms. The van der Waals surface area contributed by atoms with E-state index in [0.29, 0.717) is 17.0 Å². The third-order valence-corrected chi connectivity index (χ3v) is 3.26. The number of likely N-dealkylation sites (N-methyl/N-ethyl adjacent to an activating group) is 1. The fraction of sp³-hybridized carbons (Fsp3) is 0.214. The van der Waals surface area contributed by atoms with Gasteiger partial charge in [-0.2, -0.15) is 10.2 Å². The lowest BCUT2D eigenvalue weighted by molar-refractivity contribution is -0.125. The van der Waals surface area contributed by atoms with Crippen LogP contribution in [0, 0.1) is 11.3 Å². The lowest BCUT2D eigenvalue weighted by Crippen LogP contribution is -2.31. The van der Waals surface area contributed by atoms with Crippen LogP contribution in [0.15, 0.2) is 28.8 Å². The van der Waals surface area contributed by atoms with Gasteiger partial charge in [-0.1, -0.05) is 5.16 Å². The van der Waals surface area contributed by atoms with E-state index in [2.05, 4.69) is 10.1 Å². The van der Waals surface area contributed by atoms with Gasteiger partial charge in [-0.15, -0.1) is 0 Å². The number of nitrogens with zero attached hydrogens (tertiary/aromatic N) is 5. The minimum atomic E-state index is -0.386. The van der Waals surface area contributed by atoms with Crippen LogP contribution < -0.4 is 0 Å². The minimum Gasteiger partial charge on any atom is -0.337 e. The Hall–Kier alpha value is -3.21. The molecule has 1 fully saturated rings. The van der Waals surface area contributed by atoms with Gasteiger partial charge in [0.2, 0.25) is 11.7 Å². The molecule has 1 aromatic heterocycles. The molecule has 0 bridgehead atoms. The number of carbonyl (C=O) groups is 2. The van der Waals surface area contributed by atoms with Crippen molar-refractivity contribution in [2.75, 3.05) is 13.6 Å². The number of benzene rings is 1. The molecule has 1 aliphatic heterocycles. The SMILES string of the molecule is CN1CC(=O)N(Cc2nc(-c3ccc(C#N)cc3)no2)C1=O. The van der Waals surface area contributed by atoms with Crippen LogP contribution in [0.2, 0.25) is 0 Å². The Labute approximate surface area is 125 Å². The van der Waals surface area contributed by atoms with Crippen molar-refractivity contribution in [1.29, 1.82) is 5.26 Å². The standard InChI is InChI=1S/C14H11N5O3/c1-18-8-12(20)19(14(18)21)7-11-16-13(17-22-11)10-4-2-9(6-15)3-5-10/h2-5H,7-8H2,1H3. The van der Waals surface area contributed by atoms with Crippen LogP contribution in [0.5, 0.6) is 0 Å². The van der Waals surface area contributed by atoms with E-state index in [1.54, 1.807) is 31.3 Å². The van der Waals surface area contributed by atoms with Gasteiger partial charge in [0.25, 0.3) is 5.91 Å². The summed E-state index contributed by atoms with van der Waals surface area (Å²) in [5, 5.41) is 12.6. The van der Waals surface area contributed by atoms with E-state index < -0.39 is 0 Å². The first-order chi connectivity index (χ1) is 10.6. The van der Waals surface area contributed by atoms with Crippen LogP contribution in [0.1, 0.15) is 11.5 Å². The largest absolute Gasteiger partial charge is 0.337 e. The molecule has 0 aliphatic carbocycles. The Morgan fingerprint density at radius 2 is 2.05 bits per heavy atom. The maximum Gasteiger partial charge on any atom is 0.327 e. The van der Waals surface area contributed by atoms with E-state index in [4.69, 9.17) is 9.78 Å². The lowest BCUT2D eigenvalue weighted by Gasteiger charge is -2.10. The van der Waals surface area contributed by atoms with Crippen molar-refractivity contribution in [3.8, 4) is 17.5 Å². The van der Waals surface area contributed by atoms with Gasteiger partial charge >= 0.3 is 6.03 Å². The average Bonchev–Trinajstić information content (AvgIpc) is 3.08. The molecule has 1 aliphatic rings. The summed E-state index contributed by atoms with van der Waals surface area (Å²) in [5.74, 6) is 0.217. The van der Waals surface area contributed by atoms with E-state index in [1.165, 1.54) is 4.90 Å². The first-order valence-electron chi connectivity index (χ1n) is 6.47. The Morgan fingerprint density at radius 1 is 1.32 bits per heavy atom. The molecule has 0 atom stereocenters. The van der Waals surface area contributed by atoms with E-state index in [-0.39, 0.29) is 30.9 Å². The van der Waals surface area contributed by atoms with Crippen molar-refractivity contribution >= 4 is 11.9 Å². The highest BCUT2D eigenvalue weighted by Crippen LogP contribution is 2.18. The van der Waals surface area contributed by atoms with Gasteiger partial charge in [-0.3, -0.25) is 9.69 Å². The van der Waals surface area contributed by atoms with Crippen LogP contribution in [-0.2, 0) is 11.3 Å². The second-order valence-electron chi connectivity index (χ2n) is 4.82. The Morgan fingerprint density at radius 3 is 2.64 bits per heavy atom. The molecule has 0 unspecified atom stereocenters. The predicted molar refractivity (Wildman–Crippen MR) is 73.0 cm³/mol. The van der Waals surface area contributed by atoms with Crippen LogP contribution in [0.25, 0.3) is 11.4 Å². The second-order valence-corrected chi connectivity index (χ2v) is 4.82. The smallest absolute Gasteiger partial charge is 0.327 e. The molecule has 0 radical (unpaired) electrons. The molecule has 1 saturated heterocycles. The quantitative estimate of drug-likeness (QED) is 0.783. The summed E-state index contributed by atoms with van der Waals surface area (Å²) in [6.45, 7) is 0.000729. The molecule has 3 amide bonds. The number of urea groups is 1. The highest BCUT2D eigenvalue weighted by atomic mass is 16.5. The first kappa shape index (κ1) is 13.8. The third-order valence-electron chi connectivity index (χ3n) is 3.26. The van der Waals surface area contributed by atoms with Gasteiger partial charge in [0.05, 0.1) is 11.6 Å². The van der Waals surface area contributed by atoms with Gasteiger partial charge in [-0.25, -0.2) is 4.79 Å². The zero-order valence-electron chi connectivity index (χ0n) is 11.7. The minimum absolute atomic E-state index is 0.0503. The van der Waals surface area contributed by atoms with E-state index >= 15 is 0 Å². The molecular formula is C14H11N5O3. The fourth-order valence-electron chi connectivity index (χ4n) is 2.09. The topological polar surface area (TPSA) is 103 Å². The van der Waals surface area contributed by atoms with Gasteiger partial charge in [0, 0.05) is 12.6 Å². The van der Waals surface area contributed by atoms with Crippen LogP contribution in [0.3, 0.4) is 0 Å².